The molecular weight excluding hydrogens is 246 g/mol. The fourth-order valence-corrected chi connectivity index (χ4v) is 3.18. The number of aromatic nitrogens is 1. The molecule has 0 bridgehead atoms. The van der Waals surface area contributed by atoms with Crippen molar-refractivity contribution in [3.8, 4) is 0 Å². The number of ketones is 1. The Morgan fingerprint density at radius 2 is 2.22 bits per heavy atom. The maximum Gasteiger partial charge on any atom is 0.138 e. The number of halogens is 1. The second kappa shape index (κ2) is 4.43. The van der Waals surface area contributed by atoms with Gasteiger partial charge in [0.05, 0.1) is 5.92 Å². The molecule has 1 heterocycles. The number of benzene rings is 1. The second-order valence-electron chi connectivity index (χ2n) is 5.12. The molecule has 0 radical (unpaired) electrons. The average Bonchev–Trinajstić information content (AvgIpc) is 2.55. The Morgan fingerprint density at radius 1 is 1.39 bits per heavy atom. The van der Waals surface area contributed by atoms with E-state index in [-0.39, 0.29) is 11.7 Å². The van der Waals surface area contributed by atoms with Gasteiger partial charge in [0, 0.05) is 21.6 Å². The van der Waals surface area contributed by atoms with E-state index in [0.29, 0.717) is 0 Å². The predicted molar refractivity (Wildman–Crippen MR) is 74.3 cm³/mol. The average molecular weight is 262 g/mol. The van der Waals surface area contributed by atoms with E-state index in [1.54, 1.807) is 6.92 Å². The van der Waals surface area contributed by atoms with Crippen LogP contribution in [0.1, 0.15) is 43.4 Å². The maximum absolute atomic E-state index is 11.8. The molecule has 0 aliphatic heterocycles. The van der Waals surface area contributed by atoms with Crippen LogP contribution in [-0.4, -0.2) is 10.8 Å². The Hall–Kier alpha value is -1.28. The summed E-state index contributed by atoms with van der Waals surface area (Å²) in [5.41, 5.74) is 3.51. The monoisotopic (exact) mass is 261 g/mol. The van der Waals surface area contributed by atoms with Crippen LogP contribution in [-0.2, 0) is 11.2 Å². The number of fused-ring (bicyclic) bond motifs is 3. The molecule has 18 heavy (non-hydrogen) atoms. The highest BCUT2D eigenvalue weighted by molar-refractivity contribution is 6.31. The van der Waals surface area contributed by atoms with E-state index >= 15 is 0 Å². The van der Waals surface area contributed by atoms with Crippen molar-refractivity contribution in [3.05, 3.63) is 34.5 Å². The predicted octanol–water partition coefficient (Wildman–Crippen LogP) is 4.22. The van der Waals surface area contributed by atoms with Gasteiger partial charge in [-0.15, -0.1) is 0 Å². The first-order valence-electron chi connectivity index (χ1n) is 6.47. The summed E-state index contributed by atoms with van der Waals surface area (Å²) in [5, 5.41) is 1.94. The highest BCUT2D eigenvalue weighted by atomic mass is 35.5. The van der Waals surface area contributed by atoms with Crippen LogP contribution >= 0.6 is 11.6 Å². The fourth-order valence-electron chi connectivity index (χ4n) is 3.01. The van der Waals surface area contributed by atoms with Crippen molar-refractivity contribution in [2.24, 2.45) is 0 Å². The molecular formula is C15H16ClNO. The van der Waals surface area contributed by atoms with E-state index in [4.69, 9.17) is 11.6 Å². The Morgan fingerprint density at radius 3 is 3.00 bits per heavy atom. The Labute approximate surface area is 111 Å². The van der Waals surface area contributed by atoms with Crippen LogP contribution in [0.5, 0.6) is 0 Å². The van der Waals surface area contributed by atoms with Crippen LogP contribution in [0, 0.1) is 0 Å². The first-order valence-corrected chi connectivity index (χ1v) is 6.85. The standard InChI is InChI=1S/C15H16ClNO/c1-9(18)11-4-2-3-5-12-13-8-10(16)6-7-14(13)17-15(11)12/h6-8,11,17H,2-5H2,1H3. The van der Waals surface area contributed by atoms with Crippen molar-refractivity contribution < 1.29 is 4.79 Å². The molecule has 1 atom stereocenters. The number of carbonyl (C=O) groups is 1. The third-order valence-electron chi connectivity index (χ3n) is 3.91. The number of carbonyl (C=O) groups excluding carboxylic acids is 1. The lowest BCUT2D eigenvalue weighted by Crippen LogP contribution is -2.09. The highest BCUT2D eigenvalue weighted by Gasteiger charge is 2.25. The van der Waals surface area contributed by atoms with E-state index in [1.165, 1.54) is 10.9 Å². The molecule has 0 amide bonds. The van der Waals surface area contributed by atoms with Crippen molar-refractivity contribution in [1.82, 2.24) is 4.98 Å². The van der Waals surface area contributed by atoms with E-state index in [9.17, 15) is 4.79 Å². The smallest absolute Gasteiger partial charge is 0.138 e. The Kier molecular flexibility index (Phi) is 2.90. The van der Waals surface area contributed by atoms with E-state index in [1.807, 2.05) is 18.2 Å². The van der Waals surface area contributed by atoms with Crippen molar-refractivity contribution >= 4 is 28.3 Å². The zero-order valence-electron chi connectivity index (χ0n) is 10.4. The minimum Gasteiger partial charge on any atom is -0.358 e. The van der Waals surface area contributed by atoms with Crippen molar-refractivity contribution in [2.75, 3.05) is 0 Å². The van der Waals surface area contributed by atoms with Gasteiger partial charge in [-0.1, -0.05) is 18.0 Å². The van der Waals surface area contributed by atoms with Gasteiger partial charge in [-0.3, -0.25) is 4.79 Å². The van der Waals surface area contributed by atoms with Gasteiger partial charge in [0.15, 0.2) is 0 Å². The van der Waals surface area contributed by atoms with Gasteiger partial charge in [-0.05, 0) is 49.9 Å². The molecule has 1 aromatic carbocycles. The van der Waals surface area contributed by atoms with Gasteiger partial charge in [-0.2, -0.15) is 0 Å². The molecule has 0 fully saturated rings. The number of aromatic amines is 1. The van der Waals surface area contributed by atoms with Crippen LogP contribution in [0.2, 0.25) is 5.02 Å². The van der Waals surface area contributed by atoms with E-state index in [0.717, 1.165) is 41.9 Å². The summed E-state index contributed by atoms with van der Waals surface area (Å²) in [7, 11) is 0. The van der Waals surface area contributed by atoms with Crippen LogP contribution in [0.25, 0.3) is 10.9 Å². The zero-order valence-corrected chi connectivity index (χ0v) is 11.2. The van der Waals surface area contributed by atoms with Gasteiger partial charge in [-0.25, -0.2) is 0 Å². The summed E-state index contributed by atoms with van der Waals surface area (Å²) >= 11 is 6.08. The number of aryl methyl sites for hydroxylation is 1. The SMILES string of the molecule is CC(=O)C1CCCCc2c1[nH]c1ccc(Cl)cc21. The lowest BCUT2D eigenvalue weighted by atomic mass is 9.95. The molecule has 3 heteroatoms. The normalized spacial score (nSPS) is 19.6. The summed E-state index contributed by atoms with van der Waals surface area (Å²) in [6.07, 6.45) is 4.27. The first kappa shape index (κ1) is 11.8. The third kappa shape index (κ3) is 1.85. The molecule has 0 spiro atoms. The lowest BCUT2D eigenvalue weighted by Gasteiger charge is -2.10. The summed E-state index contributed by atoms with van der Waals surface area (Å²) in [6.45, 7) is 1.69. The van der Waals surface area contributed by atoms with Crippen LogP contribution in [0.3, 0.4) is 0 Å². The minimum atomic E-state index is 0.0358. The number of hydrogen-bond acceptors (Lipinski definition) is 1. The minimum absolute atomic E-state index is 0.0358. The maximum atomic E-state index is 11.8. The number of nitrogens with one attached hydrogen (secondary N) is 1. The topological polar surface area (TPSA) is 32.9 Å². The molecule has 1 aromatic heterocycles. The molecule has 2 aromatic rings. The van der Waals surface area contributed by atoms with E-state index in [2.05, 4.69) is 4.98 Å². The second-order valence-corrected chi connectivity index (χ2v) is 5.55. The summed E-state index contributed by atoms with van der Waals surface area (Å²) in [6, 6.07) is 5.90. The van der Waals surface area contributed by atoms with Gasteiger partial charge in [0.1, 0.15) is 5.78 Å². The van der Waals surface area contributed by atoms with Gasteiger partial charge in [0.25, 0.3) is 0 Å². The van der Waals surface area contributed by atoms with Gasteiger partial charge < -0.3 is 4.98 Å². The number of rotatable bonds is 1. The number of hydrogen-bond donors (Lipinski definition) is 1. The van der Waals surface area contributed by atoms with Crippen molar-refractivity contribution in [2.45, 2.75) is 38.5 Å². The third-order valence-corrected chi connectivity index (χ3v) is 4.15. The van der Waals surface area contributed by atoms with Crippen LogP contribution in [0.15, 0.2) is 18.2 Å². The lowest BCUT2D eigenvalue weighted by molar-refractivity contribution is -0.118. The van der Waals surface area contributed by atoms with Crippen molar-refractivity contribution in [1.29, 1.82) is 0 Å². The van der Waals surface area contributed by atoms with E-state index < -0.39 is 0 Å². The largest absolute Gasteiger partial charge is 0.358 e. The number of Topliss-reactive ketones (excluding diaryl/α,β-unsaturated/α-hetero) is 1. The fraction of sp³-hybridized carbons (Fsp3) is 0.400. The number of H-pyrrole nitrogens is 1. The zero-order chi connectivity index (χ0) is 12.7. The molecule has 2 nitrogen and oxygen atoms in total. The first-order chi connectivity index (χ1) is 8.66. The Balaban J connectivity index is 2.24. The summed E-state index contributed by atoms with van der Waals surface area (Å²) in [4.78, 5) is 15.2. The molecule has 94 valence electrons. The Bertz CT molecular complexity index is 614. The van der Waals surface area contributed by atoms with Crippen molar-refractivity contribution in [3.63, 3.8) is 0 Å². The molecule has 3 rings (SSSR count). The van der Waals surface area contributed by atoms with Crippen LogP contribution < -0.4 is 0 Å². The molecule has 0 saturated heterocycles. The van der Waals surface area contributed by atoms with Gasteiger partial charge >= 0.3 is 0 Å². The molecule has 0 saturated carbocycles. The summed E-state index contributed by atoms with van der Waals surface area (Å²) in [5.74, 6) is 0.296. The van der Waals surface area contributed by atoms with Crippen LogP contribution in [0.4, 0.5) is 0 Å². The van der Waals surface area contributed by atoms with Gasteiger partial charge in [0.2, 0.25) is 0 Å². The summed E-state index contributed by atoms with van der Waals surface area (Å²) < 4.78 is 0. The molecule has 1 unspecified atom stereocenters. The molecule has 1 aliphatic carbocycles. The molecule has 1 N–H and O–H groups in total. The highest BCUT2D eigenvalue weighted by Crippen LogP contribution is 2.36. The molecule has 1 aliphatic rings. The quantitative estimate of drug-likeness (QED) is 0.766.